The molecule has 4 aliphatic rings. The van der Waals surface area contributed by atoms with E-state index in [1.54, 1.807) is 11.0 Å². The van der Waals surface area contributed by atoms with Gasteiger partial charge >= 0.3 is 0 Å². The third-order valence-electron chi connectivity index (χ3n) is 7.89. The van der Waals surface area contributed by atoms with Gasteiger partial charge < -0.3 is 9.64 Å². The molecular weight excluding hydrogens is 465 g/mol. The van der Waals surface area contributed by atoms with Crippen LogP contribution in [0.3, 0.4) is 0 Å². The molecule has 36 heavy (non-hydrogen) atoms. The predicted octanol–water partition coefficient (Wildman–Crippen LogP) is 2.17. The summed E-state index contributed by atoms with van der Waals surface area (Å²) in [6.45, 7) is 2.03. The quantitative estimate of drug-likeness (QED) is 0.637. The van der Waals surface area contributed by atoms with E-state index < -0.39 is 17.9 Å². The number of likely N-dealkylation sites (tertiary alicyclic amines) is 1. The minimum Gasteiger partial charge on any atom is -0.489 e. The lowest BCUT2D eigenvalue weighted by Gasteiger charge is -2.48. The number of hydrogen-bond acceptors (Lipinski definition) is 7. The molecule has 1 aliphatic carbocycles. The molecule has 1 aromatic heterocycles. The number of aromatic nitrogens is 2. The highest BCUT2D eigenvalue weighted by atomic mass is 19.1. The first-order chi connectivity index (χ1) is 17.5. The molecule has 1 unspecified atom stereocenters. The van der Waals surface area contributed by atoms with E-state index >= 15 is 0 Å². The van der Waals surface area contributed by atoms with Gasteiger partial charge in [0, 0.05) is 43.6 Å². The number of fused-ring (bicyclic) bond motifs is 1. The van der Waals surface area contributed by atoms with Crippen LogP contribution in [0.15, 0.2) is 30.6 Å². The van der Waals surface area contributed by atoms with E-state index in [1.807, 2.05) is 12.1 Å². The zero-order valence-electron chi connectivity index (χ0n) is 19.9. The monoisotopic (exact) mass is 493 g/mol. The summed E-state index contributed by atoms with van der Waals surface area (Å²) in [6, 6.07) is 5.20. The van der Waals surface area contributed by atoms with Crippen molar-refractivity contribution >= 4 is 17.7 Å². The Balaban J connectivity index is 1.11. The molecule has 3 amide bonds. The van der Waals surface area contributed by atoms with E-state index in [2.05, 4.69) is 20.2 Å². The summed E-state index contributed by atoms with van der Waals surface area (Å²) in [5.74, 6) is -0.468. The molecule has 2 saturated heterocycles. The Kier molecular flexibility index (Phi) is 5.91. The van der Waals surface area contributed by atoms with Crippen LogP contribution in [0, 0.1) is 5.95 Å². The van der Waals surface area contributed by atoms with Crippen LogP contribution in [-0.2, 0) is 16.1 Å². The summed E-state index contributed by atoms with van der Waals surface area (Å²) in [7, 11) is 0. The van der Waals surface area contributed by atoms with Crippen LogP contribution in [0.1, 0.15) is 66.1 Å². The summed E-state index contributed by atoms with van der Waals surface area (Å²) in [5.41, 5.74) is 2.25. The Hall–Kier alpha value is -3.40. The summed E-state index contributed by atoms with van der Waals surface area (Å²) in [5, 5.41) is 2.34. The number of nitrogens with zero attached hydrogens (tertiary/aromatic N) is 4. The van der Waals surface area contributed by atoms with Gasteiger partial charge in [0.15, 0.2) is 0 Å². The average molecular weight is 494 g/mol. The van der Waals surface area contributed by atoms with Crippen molar-refractivity contribution < 1.29 is 23.5 Å². The number of amides is 3. The third-order valence-corrected chi connectivity index (χ3v) is 7.89. The van der Waals surface area contributed by atoms with Gasteiger partial charge in [0.1, 0.15) is 17.9 Å². The molecule has 4 heterocycles. The molecule has 1 aromatic carbocycles. The summed E-state index contributed by atoms with van der Waals surface area (Å²) in [6.07, 6.45) is 7.59. The SMILES string of the molecule is O=C1CCC(N2Cc3cc(O[C@H]4CCCC[C@H]4N4CC(c5cnc(F)cn5)C4)ccc3C2=O)C(=O)N1. The Morgan fingerprint density at radius 2 is 1.86 bits per heavy atom. The van der Waals surface area contributed by atoms with Crippen molar-refractivity contribution in [3.8, 4) is 5.75 Å². The molecule has 3 aliphatic heterocycles. The summed E-state index contributed by atoms with van der Waals surface area (Å²) >= 11 is 0. The molecule has 2 aromatic rings. The molecule has 188 valence electrons. The Bertz CT molecular complexity index is 1200. The minimum absolute atomic E-state index is 0.0420. The van der Waals surface area contributed by atoms with E-state index in [9.17, 15) is 18.8 Å². The van der Waals surface area contributed by atoms with Gasteiger partial charge in [-0.25, -0.2) is 4.98 Å². The number of imide groups is 1. The zero-order chi connectivity index (χ0) is 24.8. The fourth-order valence-electron chi connectivity index (χ4n) is 5.93. The van der Waals surface area contributed by atoms with Crippen molar-refractivity contribution in [1.29, 1.82) is 0 Å². The van der Waals surface area contributed by atoms with Crippen molar-refractivity contribution in [3.05, 3.63) is 53.4 Å². The maximum Gasteiger partial charge on any atom is 0.255 e. The zero-order valence-corrected chi connectivity index (χ0v) is 19.9. The molecule has 6 rings (SSSR count). The number of halogens is 1. The molecule has 10 heteroatoms. The second-order valence-corrected chi connectivity index (χ2v) is 10.1. The van der Waals surface area contributed by atoms with Gasteiger partial charge in [-0.15, -0.1) is 0 Å². The number of carbonyl (C=O) groups excluding carboxylic acids is 3. The number of hydrogen-bond donors (Lipinski definition) is 1. The predicted molar refractivity (Wildman–Crippen MR) is 125 cm³/mol. The largest absolute Gasteiger partial charge is 0.489 e. The molecule has 0 radical (unpaired) electrons. The summed E-state index contributed by atoms with van der Waals surface area (Å²) < 4.78 is 19.6. The van der Waals surface area contributed by atoms with Gasteiger partial charge in [0.2, 0.25) is 17.8 Å². The van der Waals surface area contributed by atoms with Crippen molar-refractivity contribution in [2.75, 3.05) is 13.1 Å². The number of benzene rings is 1. The van der Waals surface area contributed by atoms with E-state index in [4.69, 9.17) is 4.74 Å². The second kappa shape index (κ2) is 9.24. The van der Waals surface area contributed by atoms with Gasteiger partial charge in [-0.05, 0) is 49.4 Å². The highest BCUT2D eigenvalue weighted by molar-refractivity contribution is 6.05. The van der Waals surface area contributed by atoms with Gasteiger partial charge in [0.05, 0.1) is 18.1 Å². The molecule has 0 spiro atoms. The smallest absolute Gasteiger partial charge is 0.255 e. The van der Waals surface area contributed by atoms with Gasteiger partial charge in [-0.2, -0.15) is 4.39 Å². The minimum atomic E-state index is -0.625. The Morgan fingerprint density at radius 3 is 2.64 bits per heavy atom. The van der Waals surface area contributed by atoms with Gasteiger partial charge in [-0.3, -0.25) is 29.6 Å². The van der Waals surface area contributed by atoms with Crippen molar-refractivity contribution in [2.45, 2.75) is 69.2 Å². The second-order valence-electron chi connectivity index (χ2n) is 10.1. The van der Waals surface area contributed by atoms with Crippen LogP contribution in [0.25, 0.3) is 0 Å². The molecule has 1 N–H and O–H groups in total. The molecule has 3 fully saturated rings. The number of carbonyl (C=O) groups is 3. The summed E-state index contributed by atoms with van der Waals surface area (Å²) in [4.78, 5) is 48.6. The molecular formula is C26H28FN5O4. The Labute approximate surface area is 208 Å². The van der Waals surface area contributed by atoms with Crippen LogP contribution in [0.5, 0.6) is 5.75 Å². The molecule has 1 saturated carbocycles. The van der Waals surface area contributed by atoms with Crippen LogP contribution in [0.2, 0.25) is 0 Å². The fourth-order valence-corrected chi connectivity index (χ4v) is 5.93. The first-order valence-electron chi connectivity index (χ1n) is 12.6. The standard InChI is InChI=1S/C26H28FN5O4/c27-23-11-28-19(10-29-23)16-12-31(13-16)20-3-1-2-4-22(20)36-17-5-6-18-15(9-17)14-32(26(18)35)21-7-8-24(33)30-25(21)34/h5-6,9-11,16,20-22H,1-4,7-8,12-14H2,(H,30,33,34)/t20-,21?,22+/m1/s1. The van der Waals surface area contributed by atoms with Gasteiger partial charge in [-0.1, -0.05) is 6.42 Å². The van der Waals surface area contributed by atoms with Crippen molar-refractivity contribution in [3.63, 3.8) is 0 Å². The first-order valence-corrected chi connectivity index (χ1v) is 12.6. The molecule has 3 atom stereocenters. The highest BCUT2D eigenvalue weighted by Gasteiger charge is 2.41. The van der Waals surface area contributed by atoms with E-state index in [-0.39, 0.29) is 30.3 Å². The number of rotatable bonds is 5. The number of ether oxygens (including phenoxy) is 1. The molecule has 9 nitrogen and oxygen atoms in total. The van der Waals surface area contributed by atoms with Crippen LogP contribution >= 0.6 is 0 Å². The van der Waals surface area contributed by atoms with Crippen LogP contribution in [-0.4, -0.2) is 68.8 Å². The van der Waals surface area contributed by atoms with Crippen molar-refractivity contribution in [2.24, 2.45) is 0 Å². The lowest BCUT2D eigenvalue weighted by Crippen LogP contribution is -2.57. The topological polar surface area (TPSA) is 105 Å². The maximum atomic E-state index is 13.1. The van der Waals surface area contributed by atoms with Gasteiger partial charge in [0.25, 0.3) is 5.91 Å². The fraction of sp³-hybridized carbons (Fsp3) is 0.500. The van der Waals surface area contributed by atoms with Crippen LogP contribution < -0.4 is 10.1 Å². The van der Waals surface area contributed by atoms with Crippen molar-refractivity contribution in [1.82, 2.24) is 25.1 Å². The first kappa shape index (κ1) is 23.0. The van der Waals surface area contributed by atoms with E-state index in [0.717, 1.165) is 55.8 Å². The molecule has 0 bridgehead atoms. The lowest BCUT2D eigenvalue weighted by molar-refractivity contribution is -0.136. The number of nitrogens with one attached hydrogen (secondary N) is 1. The average Bonchev–Trinajstić information content (AvgIpc) is 3.16. The number of piperidine rings is 1. The van der Waals surface area contributed by atoms with E-state index in [0.29, 0.717) is 24.6 Å². The third kappa shape index (κ3) is 4.23. The van der Waals surface area contributed by atoms with Crippen LogP contribution in [0.4, 0.5) is 4.39 Å². The highest BCUT2D eigenvalue weighted by Crippen LogP contribution is 2.36. The normalized spacial score (nSPS) is 27.0. The lowest BCUT2D eigenvalue weighted by atomic mass is 9.86. The van der Waals surface area contributed by atoms with E-state index in [1.165, 1.54) is 12.4 Å². The maximum absolute atomic E-state index is 13.1. The Morgan fingerprint density at radius 1 is 1.03 bits per heavy atom.